The van der Waals surface area contributed by atoms with Gasteiger partial charge in [0.2, 0.25) is 0 Å². The molecule has 0 aliphatic heterocycles. The van der Waals surface area contributed by atoms with Gasteiger partial charge in [-0.1, -0.05) is 127 Å². The topological polar surface area (TPSA) is 62.5 Å². The van der Waals surface area contributed by atoms with E-state index in [0.29, 0.717) is 23.0 Å². The molecule has 0 bridgehead atoms. The number of hydrogen-bond donors (Lipinski definition) is 0. The van der Waals surface area contributed by atoms with Gasteiger partial charge in [0.05, 0.1) is 11.6 Å². The smallest absolute Gasteiger partial charge is 0.164 e. The lowest BCUT2D eigenvalue weighted by molar-refractivity contribution is 1.07. The fourth-order valence-electron chi connectivity index (χ4n) is 5.98. The van der Waals surface area contributed by atoms with Crippen LogP contribution in [0.4, 0.5) is 0 Å². The molecule has 7 aromatic carbocycles. The van der Waals surface area contributed by atoms with Crippen LogP contribution in [0.3, 0.4) is 0 Å². The highest BCUT2D eigenvalue weighted by atomic mass is 15.0. The largest absolute Gasteiger partial charge is 0.208 e. The maximum absolute atomic E-state index is 9.41. The fourth-order valence-corrected chi connectivity index (χ4v) is 5.98. The van der Waals surface area contributed by atoms with Crippen LogP contribution >= 0.6 is 0 Å². The molecular weight excluding hydrogens is 536 g/mol. The summed E-state index contributed by atoms with van der Waals surface area (Å²) in [5.41, 5.74) is 5.77. The molecule has 0 spiro atoms. The molecule has 4 nitrogen and oxygen atoms in total. The number of hydrogen-bond acceptors (Lipinski definition) is 4. The van der Waals surface area contributed by atoms with Gasteiger partial charge in [-0.25, -0.2) is 15.0 Å². The molecule has 0 aliphatic carbocycles. The summed E-state index contributed by atoms with van der Waals surface area (Å²) in [5, 5.41) is 16.4. The monoisotopic (exact) mass is 560 g/mol. The highest BCUT2D eigenvalue weighted by Crippen LogP contribution is 2.39. The molecule has 0 fully saturated rings. The van der Waals surface area contributed by atoms with Crippen molar-refractivity contribution in [2.24, 2.45) is 0 Å². The molecule has 1 aromatic heterocycles. The molecule has 0 unspecified atom stereocenters. The van der Waals surface area contributed by atoms with Crippen molar-refractivity contribution < 1.29 is 0 Å². The van der Waals surface area contributed by atoms with E-state index in [1.807, 2.05) is 72.8 Å². The Morgan fingerprint density at radius 3 is 1.55 bits per heavy atom. The first-order valence-electron chi connectivity index (χ1n) is 14.5. The summed E-state index contributed by atoms with van der Waals surface area (Å²) in [4.78, 5) is 14.6. The third-order valence-electron chi connectivity index (χ3n) is 8.12. The summed E-state index contributed by atoms with van der Waals surface area (Å²) in [6.45, 7) is 0. The number of fused-ring (bicyclic) bond motifs is 5. The molecule has 0 saturated heterocycles. The van der Waals surface area contributed by atoms with Crippen LogP contribution in [-0.4, -0.2) is 15.0 Å². The highest BCUT2D eigenvalue weighted by molar-refractivity contribution is 6.23. The number of rotatable bonds is 4. The number of nitrogens with zero attached hydrogens (tertiary/aromatic N) is 4. The van der Waals surface area contributed by atoms with Crippen molar-refractivity contribution in [1.82, 2.24) is 15.0 Å². The predicted octanol–water partition coefficient (Wildman–Crippen LogP) is 9.87. The van der Waals surface area contributed by atoms with Gasteiger partial charge in [-0.05, 0) is 61.6 Å². The summed E-state index contributed by atoms with van der Waals surface area (Å²) in [6, 6.07) is 51.8. The van der Waals surface area contributed by atoms with Crippen molar-refractivity contribution in [3.63, 3.8) is 0 Å². The molecule has 0 N–H and O–H groups in total. The van der Waals surface area contributed by atoms with Crippen molar-refractivity contribution in [1.29, 1.82) is 5.26 Å². The fraction of sp³-hybridized carbons (Fsp3) is 0. The van der Waals surface area contributed by atoms with Gasteiger partial charge in [-0.15, -0.1) is 0 Å². The zero-order chi connectivity index (χ0) is 29.5. The minimum atomic E-state index is 0.635. The second-order valence-corrected chi connectivity index (χ2v) is 10.8. The van der Waals surface area contributed by atoms with Gasteiger partial charge in [0, 0.05) is 16.7 Å². The minimum absolute atomic E-state index is 0.635. The summed E-state index contributed by atoms with van der Waals surface area (Å²) in [7, 11) is 0. The van der Waals surface area contributed by atoms with E-state index in [1.54, 1.807) is 0 Å². The van der Waals surface area contributed by atoms with Gasteiger partial charge in [0.1, 0.15) is 0 Å². The molecule has 8 rings (SSSR count). The summed E-state index contributed by atoms with van der Waals surface area (Å²) < 4.78 is 0. The first-order valence-corrected chi connectivity index (χ1v) is 14.5. The molecule has 0 saturated carbocycles. The second-order valence-electron chi connectivity index (χ2n) is 10.8. The first-order chi connectivity index (χ1) is 21.7. The van der Waals surface area contributed by atoms with Gasteiger partial charge >= 0.3 is 0 Å². The van der Waals surface area contributed by atoms with Gasteiger partial charge in [-0.2, -0.15) is 5.26 Å². The standard InChI is InChI=1S/C40H24N4/c41-25-26-15-22-33-31(23-26)20-21-32-24-36(34-13-7-8-14-35(34)37(32)33)27-16-18-30(19-17-27)40-43-38(28-9-3-1-4-10-28)42-39(44-40)29-11-5-2-6-12-29/h1-24H. The number of aromatic nitrogens is 3. The van der Waals surface area contributed by atoms with Crippen LogP contribution in [0.25, 0.3) is 77.6 Å². The van der Waals surface area contributed by atoms with Crippen LogP contribution in [0.1, 0.15) is 5.56 Å². The maximum Gasteiger partial charge on any atom is 0.164 e. The molecule has 0 amide bonds. The Balaban J connectivity index is 1.26. The van der Waals surface area contributed by atoms with E-state index >= 15 is 0 Å². The predicted molar refractivity (Wildman–Crippen MR) is 179 cm³/mol. The third kappa shape index (κ3) is 4.45. The van der Waals surface area contributed by atoms with Crippen molar-refractivity contribution in [2.45, 2.75) is 0 Å². The van der Waals surface area contributed by atoms with E-state index in [-0.39, 0.29) is 0 Å². The van der Waals surface area contributed by atoms with Gasteiger partial charge < -0.3 is 0 Å². The average molecular weight is 561 g/mol. The SMILES string of the molecule is N#Cc1ccc2c(ccc3cc(-c4ccc(-c5nc(-c6ccccc6)nc(-c6ccccc6)n5)cc4)c4ccccc4c32)c1. The Morgan fingerprint density at radius 2 is 0.932 bits per heavy atom. The van der Waals surface area contributed by atoms with E-state index in [1.165, 1.54) is 21.7 Å². The zero-order valence-corrected chi connectivity index (χ0v) is 23.6. The van der Waals surface area contributed by atoms with Gasteiger partial charge in [0.15, 0.2) is 17.5 Å². The van der Waals surface area contributed by atoms with Crippen LogP contribution in [-0.2, 0) is 0 Å². The van der Waals surface area contributed by atoms with Crippen LogP contribution < -0.4 is 0 Å². The molecule has 8 aromatic rings. The quantitative estimate of drug-likeness (QED) is 0.201. The molecule has 0 aliphatic rings. The van der Waals surface area contributed by atoms with Gasteiger partial charge in [0.25, 0.3) is 0 Å². The molecule has 0 radical (unpaired) electrons. The van der Waals surface area contributed by atoms with Crippen molar-refractivity contribution in [2.75, 3.05) is 0 Å². The molecule has 4 heteroatoms. The Kier molecular flexibility index (Phi) is 6.14. The van der Waals surface area contributed by atoms with Crippen LogP contribution in [0.15, 0.2) is 146 Å². The lowest BCUT2D eigenvalue weighted by atomic mass is 9.90. The Hall–Kier alpha value is -6.18. The lowest BCUT2D eigenvalue weighted by Crippen LogP contribution is -2.00. The first kappa shape index (κ1) is 25.5. The van der Waals surface area contributed by atoms with Gasteiger partial charge in [-0.3, -0.25) is 0 Å². The van der Waals surface area contributed by atoms with E-state index < -0.39 is 0 Å². The van der Waals surface area contributed by atoms with Crippen LogP contribution in [0, 0.1) is 11.3 Å². The molecule has 204 valence electrons. The molecule has 1 heterocycles. The van der Waals surface area contributed by atoms with Crippen LogP contribution in [0.2, 0.25) is 0 Å². The average Bonchev–Trinajstić information content (AvgIpc) is 3.11. The Labute approximate surface area is 254 Å². The number of benzene rings is 7. The maximum atomic E-state index is 9.41. The summed E-state index contributed by atoms with van der Waals surface area (Å²) >= 11 is 0. The zero-order valence-electron chi connectivity index (χ0n) is 23.6. The summed E-state index contributed by atoms with van der Waals surface area (Å²) in [6.07, 6.45) is 0. The molecule has 0 atom stereocenters. The van der Waals surface area contributed by atoms with Crippen LogP contribution in [0.5, 0.6) is 0 Å². The second kappa shape index (κ2) is 10.6. The molecular formula is C40H24N4. The normalized spacial score (nSPS) is 11.2. The van der Waals surface area contributed by atoms with E-state index in [4.69, 9.17) is 15.0 Å². The van der Waals surface area contributed by atoms with Crippen molar-refractivity contribution >= 4 is 32.3 Å². The Bertz CT molecular complexity index is 2320. The number of nitriles is 1. The summed E-state index contributed by atoms with van der Waals surface area (Å²) in [5.74, 6) is 1.93. The van der Waals surface area contributed by atoms with Crippen molar-refractivity contribution in [3.05, 3.63) is 151 Å². The Morgan fingerprint density at radius 1 is 0.409 bits per heavy atom. The third-order valence-corrected chi connectivity index (χ3v) is 8.12. The highest BCUT2D eigenvalue weighted by Gasteiger charge is 2.14. The van der Waals surface area contributed by atoms with E-state index in [0.717, 1.165) is 38.4 Å². The van der Waals surface area contributed by atoms with E-state index in [9.17, 15) is 5.26 Å². The lowest BCUT2D eigenvalue weighted by Gasteiger charge is -2.14. The van der Waals surface area contributed by atoms with Crippen molar-refractivity contribution in [3.8, 4) is 51.4 Å². The molecule has 44 heavy (non-hydrogen) atoms. The van der Waals surface area contributed by atoms with E-state index in [2.05, 4.69) is 78.9 Å². The minimum Gasteiger partial charge on any atom is -0.208 e.